The molecule has 0 saturated heterocycles. The molecule has 0 aliphatic heterocycles. The van der Waals surface area contributed by atoms with Crippen molar-refractivity contribution < 1.29 is 23.1 Å². The molecule has 0 unspecified atom stereocenters. The molecule has 2 N–H and O–H groups in total. The largest absolute Gasteiger partial charge is 0.483 e. The van der Waals surface area contributed by atoms with Gasteiger partial charge in [-0.05, 0) is 45.0 Å². The van der Waals surface area contributed by atoms with Crippen LogP contribution in [0.5, 0.6) is 5.75 Å². The van der Waals surface area contributed by atoms with Gasteiger partial charge in [-0.1, -0.05) is 12.1 Å². The predicted molar refractivity (Wildman–Crippen MR) is 94.3 cm³/mol. The van der Waals surface area contributed by atoms with Crippen LogP contribution in [0.15, 0.2) is 40.8 Å². The molecule has 0 aliphatic carbocycles. The third kappa shape index (κ3) is 5.91. The van der Waals surface area contributed by atoms with E-state index < -0.39 is 11.7 Å². The first kappa shape index (κ1) is 19.5. The number of halogens is 1. The Morgan fingerprint density at radius 1 is 1.12 bits per heavy atom. The van der Waals surface area contributed by atoms with Crippen molar-refractivity contribution in [1.82, 2.24) is 10.6 Å². The average molecular weight is 362 g/mol. The van der Waals surface area contributed by atoms with E-state index in [4.69, 9.17) is 9.15 Å². The number of rotatable bonds is 8. The molecular formula is C19H23FN2O4. The third-order valence-corrected chi connectivity index (χ3v) is 3.41. The minimum atomic E-state index is -0.467. The highest BCUT2D eigenvalue weighted by Gasteiger charge is 2.17. The highest BCUT2D eigenvalue weighted by Crippen LogP contribution is 2.18. The average Bonchev–Trinajstić information content (AvgIpc) is 3.02. The van der Waals surface area contributed by atoms with Crippen LogP contribution >= 0.6 is 0 Å². The number of furan rings is 1. The fourth-order valence-electron chi connectivity index (χ4n) is 2.29. The van der Waals surface area contributed by atoms with Gasteiger partial charge in [0.2, 0.25) is 5.91 Å². The van der Waals surface area contributed by atoms with Gasteiger partial charge in [-0.15, -0.1) is 0 Å². The maximum absolute atomic E-state index is 13.5. The first-order chi connectivity index (χ1) is 12.3. The minimum Gasteiger partial charge on any atom is -0.483 e. The Hall–Kier alpha value is -2.83. The van der Waals surface area contributed by atoms with Crippen molar-refractivity contribution >= 4 is 11.8 Å². The van der Waals surface area contributed by atoms with Crippen molar-refractivity contribution in [3.63, 3.8) is 0 Å². The summed E-state index contributed by atoms with van der Waals surface area (Å²) in [5, 5.41) is 5.47. The van der Waals surface area contributed by atoms with Crippen LogP contribution in [0.2, 0.25) is 0 Å². The van der Waals surface area contributed by atoms with Gasteiger partial charge in [-0.2, -0.15) is 0 Å². The first-order valence-electron chi connectivity index (χ1n) is 8.41. The molecule has 2 rings (SSSR count). The van der Waals surface area contributed by atoms with Crippen LogP contribution in [0, 0.1) is 5.82 Å². The monoisotopic (exact) mass is 362 g/mol. The number of ether oxygens (including phenoxy) is 1. The molecule has 0 saturated carbocycles. The number of hydrogen-bond donors (Lipinski definition) is 2. The van der Waals surface area contributed by atoms with Crippen molar-refractivity contribution in [2.75, 3.05) is 0 Å². The zero-order valence-electron chi connectivity index (χ0n) is 15.0. The smallest absolute Gasteiger partial charge is 0.287 e. The lowest BCUT2D eigenvalue weighted by molar-refractivity contribution is -0.121. The van der Waals surface area contributed by atoms with Crippen LogP contribution in [0.4, 0.5) is 4.39 Å². The second-order valence-corrected chi connectivity index (χ2v) is 6.29. The minimum absolute atomic E-state index is 0.000557. The van der Waals surface area contributed by atoms with Crippen LogP contribution in [0.25, 0.3) is 0 Å². The molecule has 6 nitrogen and oxygen atoms in total. The standard InChI is InChI=1S/C19H23FN2O4/c1-12(2)21-18(23)10-13(3)22-19(24)17-9-8-14(26-17)11-25-16-7-5-4-6-15(16)20/h4-9,12-13H,10-11H2,1-3H3,(H,21,23)(H,22,24)/t13-/m1/s1. The summed E-state index contributed by atoms with van der Waals surface area (Å²) in [6.07, 6.45) is 0.174. The van der Waals surface area contributed by atoms with Gasteiger partial charge in [0.25, 0.3) is 5.91 Å². The van der Waals surface area contributed by atoms with Crippen LogP contribution in [-0.4, -0.2) is 23.9 Å². The van der Waals surface area contributed by atoms with Crippen molar-refractivity contribution in [1.29, 1.82) is 0 Å². The van der Waals surface area contributed by atoms with Crippen molar-refractivity contribution in [3.05, 3.63) is 53.7 Å². The van der Waals surface area contributed by atoms with Gasteiger partial charge in [0, 0.05) is 18.5 Å². The number of carbonyl (C=O) groups excluding carboxylic acids is 2. The van der Waals surface area contributed by atoms with E-state index in [1.54, 1.807) is 25.1 Å². The molecule has 1 heterocycles. The molecule has 140 valence electrons. The van der Waals surface area contributed by atoms with Crippen molar-refractivity contribution in [2.45, 2.75) is 45.9 Å². The topological polar surface area (TPSA) is 80.6 Å². The predicted octanol–water partition coefficient (Wildman–Crippen LogP) is 3.03. The summed E-state index contributed by atoms with van der Waals surface area (Å²) in [6.45, 7) is 5.48. The summed E-state index contributed by atoms with van der Waals surface area (Å²) >= 11 is 0. The Morgan fingerprint density at radius 3 is 2.54 bits per heavy atom. The molecule has 0 fully saturated rings. The molecule has 0 spiro atoms. The van der Waals surface area contributed by atoms with Gasteiger partial charge >= 0.3 is 0 Å². The molecular weight excluding hydrogens is 339 g/mol. The number of carbonyl (C=O) groups is 2. The molecule has 26 heavy (non-hydrogen) atoms. The van der Waals surface area contributed by atoms with Gasteiger partial charge in [-0.3, -0.25) is 9.59 Å². The number of amides is 2. The van der Waals surface area contributed by atoms with E-state index in [2.05, 4.69) is 10.6 Å². The summed E-state index contributed by atoms with van der Waals surface area (Å²) in [6, 6.07) is 8.85. The summed E-state index contributed by atoms with van der Waals surface area (Å²) in [7, 11) is 0. The molecule has 2 aromatic rings. The zero-order valence-corrected chi connectivity index (χ0v) is 15.0. The Labute approximate surface area is 151 Å². The summed E-state index contributed by atoms with van der Waals surface area (Å²) in [4.78, 5) is 23.9. The van der Waals surface area contributed by atoms with Gasteiger partial charge < -0.3 is 19.8 Å². The van der Waals surface area contributed by atoms with Gasteiger partial charge in [0.1, 0.15) is 12.4 Å². The van der Waals surface area contributed by atoms with E-state index in [0.717, 1.165) is 0 Å². The molecule has 0 aliphatic rings. The molecule has 0 radical (unpaired) electrons. The lowest BCUT2D eigenvalue weighted by Crippen LogP contribution is -2.39. The lowest BCUT2D eigenvalue weighted by Gasteiger charge is -2.14. The van der Waals surface area contributed by atoms with Gasteiger partial charge in [0.05, 0.1) is 0 Å². The van der Waals surface area contributed by atoms with E-state index in [-0.39, 0.29) is 42.5 Å². The van der Waals surface area contributed by atoms with Crippen LogP contribution < -0.4 is 15.4 Å². The molecule has 1 atom stereocenters. The molecule has 0 bridgehead atoms. The van der Waals surface area contributed by atoms with Gasteiger partial charge in [-0.25, -0.2) is 4.39 Å². The Balaban J connectivity index is 1.85. The summed E-state index contributed by atoms with van der Waals surface area (Å²) in [5.74, 6) is -0.416. The summed E-state index contributed by atoms with van der Waals surface area (Å²) in [5.41, 5.74) is 0. The number of nitrogens with one attached hydrogen (secondary N) is 2. The van der Waals surface area contributed by atoms with Crippen molar-refractivity contribution in [2.24, 2.45) is 0 Å². The SMILES string of the molecule is CC(C)NC(=O)C[C@@H](C)NC(=O)c1ccc(COc2ccccc2F)o1. The number of para-hydroxylation sites is 1. The Bertz CT molecular complexity index is 758. The molecule has 1 aromatic heterocycles. The fraction of sp³-hybridized carbons (Fsp3) is 0.368. The Morgan fingerprint density at radius 2 is 1.85 bits per heavy atom. The maximum Gasteiger partial charge on any atom is 0.287 e. The Kier molecular flexibility index (Phi) is 6.77. The highest BCUT2D eigenvalue weighted by atomic mass is 19.1. The fourth-order valence-corrected chi connectivity index (χ4v) is 2.29. The first-order valence-corrected chi connectivity index (χ1v) is 8.41. The summed E-state index contributed by atoms with van der Waals surface area (Å²) < 4.78 is 24.3. The molecule has 7 heteroatoms. The van der Waals surface area contributed by atoms with Crippen LogP contribution in [0.1, 0.15) is 43.5 Å². The maximum atomic E-state index is 13.5. The van der Waals surface area contributed by atoms with E-state index in [1.807, 2.05) is 13.8 Å². The van der Waals surface area contributed by atoms with Crippen LogP contribution in [-0.2, 0) is 11.4 Å². The van der Waals surface area contributed by atoms with Crippen LogP contribution in [0.3, 0.4) is 0 Å². The van der Waals surface area contributed by atoms with Crippen molar-refractivity contribution in [3.8, 4) is 5.75 Å². The second kappa shape index (κ2) is 9.03. The lowest BCUT2D eigenvalue weighted by atomic mass is 10.2. The van der Waals surface area contributed by atoms with E-state index in [0.29, 0.717) is 5.76 Å². The number of hydrogen-bond acceptors (Lipinski definition) is 4. The highest BCUT2D eigenvalue weighted by molar-refractivity contribution is 5.92. The zero-order chi connectivity index (χ0) is 19.1. The normalized spacial score (nSPS) is 11.9. The van der Waals surface area contributed by atoms with Gasteiger partial charge in [0.15, 0.2) is 17.3 Å². The number of benzene rings is 1. The molecule has 2 amide bonds. The second-order valence-electron chi connectivity index (χ2n) is 6.29. The molecule has 1 aromatic carbocycles. The van der Waals surface area contributed by atoms with E-state index >= 15 is 0 Å². The quantitative estimate of drug-likeness (QED) is 0.756. The van der Waals surface area contributed by atoms with E-state index in [1.165, 1.54) is 18.2 Å². The van der Waals surface area contributed by atoms with E-state index in [9.17, 15) is 14.0 Å². The third-order valence-electron chi connectivity index (χ3n) is 3.41.